The molecule has 7 heteroatoms. The Morgan fingerprint density at radius 2 is 1.78 bits per heavy atom. The predicted molar refractivity (Wildman–Crippen MR) is 80.5 cm³/mol. The van der Waals surface area contributed by atoms with E-state index in [0.29, 0.717) is 11.3 Å². The van der Waals surface area contributed by atoms with Crippen LogP contribution in [0.15, 0.2) is 36.4 Å². The molecule has 0 atom stereocenters. The summed E-state index contributed by atoms with van der Waals surface area (Å²) in [6.07, 6.45) is 0. The van der Waals surface area contributed by atoms with Crippen molar-refractivity contribution in [1.82, 2.24) is 4.90 Å². The van der Waals surface area contributed by atoms with E-state index >= 15 is 0 Å². The number of aliphatic hydroxyl groups excluding tert-OH is 1. The molecule has 0 saturated heterocycles. The average Bonchev–Trinajstić information content (AvgIpc) is 2.53. The fourth-order valence-electron chi connectivity index (χ4n) is 2.02. The summed E-state index contributed by atoms with van der Waals surface area (Å²) in [6, 6.07) is 7.60. The smallest absolute Gasteiger partial charge is 0.321 e. The summed E-state index contributed by atoms with van der Waals surface area (Å²) < 4.78 is 39.9. The maximum Gasteiger partial charge on any atom is 0.321 e. The first-order chi connectivity index (χ1) is 10.9. The molecule has 0 aromatic heterocycles. The lowest BCUT2D eigenvalue weighted by Gasteiger charge is -2.18. The van der Waals surface area contributed by atoms with Gasteiger partial charge in [0.25, 0.3) is 0 Å². The molecular formula is C16H15F3N2O2. The van der Waals surface area contributed by atoms with Crippen molar-refractivity contribution < 1.29 is 23.1 Å². The molecule has 122 valence electrons. The number of amides is 2. The van der Waals surface area contributed by atoms with Gasteiger partial charge in [0.05, 0.1) is 12.3 Å². The van der Waals surface area contributed by atoms with Gasteiger partial charge < -0.3 is 15.3 Å². The lowest BCUT2D eigenvalue weighted by Crippen LogP contribution is -2.33. The first-order valence-electron chi connectivity index (χ1n) is 6.81. The van der Waals surface area contributed by atoms with Crippen LogP contribution in [0.3, 0.4) is 0 Å². The molecule has 2 N–H and O–H groups in total. The van der Waals surface area contributed by atoms with Crippen LogP contribution in [0.25, 0.3) is 11.1 Å². The number of halogens is 3. The number of benzene rings is 2. The molecule has 23 heavy (non-hydrogen) atoms. The molecule has 0 heterocycles. The van der Waals surface area contributed by atoms with E-state index < -0.39 is 23.5 Å². The lowest BCUT2D eigenvalue weighted by atomic mass is 10.0. The van der Waals surface area contributed by atoms with Crippen molar-refractivity contribution in [2.75, 3.05) is 25.5 Å². The zero-order valence-electron chi connectivity index (χ0n) is 12.3. The molecule has 0 aliphatic heterocycles. The van der Waals surface area contributed by atoms with Crippen LogP contribution < -0.4 is 5.32 Å². The third kappa shape index (κ3) is 3.81. The first kappa shape index (κ1) is 16.8. The highest BCUT2D eigenvalue weighted by Gasteiger charge is 2.15. The molecular weight excluding hydrogens is 309 g/mol. The van der Waals surface area contributed by atoms with Gasteiger partial charge in [-0.2, -0.15) is 0 Å². The Kier molecular flexibility index (Phi) is 5.23. The maximum atomic E-state index is 13.4. The number of anilines is 1. The fraction of sp³-hybridized carbons (Fsp3) is 0.188. The zero-order chi connectivity index (χ0) is 17.0. The van der Waals surface area contributed by atoms with Crippen molar-refractivity contribution in [3.8, 4) is 11.1 Å². The van der Waals surface area contributed by atoms with Crippen molar-refractivity contribution in [3.63, 3.8) is 0 Å². The van der Waals surface area contributed by atoms with Gasteiger partial charge in [-0.05, 0) is 23.8 Å². The van der Waals surface area contributed by atoms with Crippen LogP contribution in [0.4, 0.5) is 23.7 Å². The van der Waals surface area contributed by atoms with Crippen LogP contribution in [0, 0.1) is 17.5 Å². The van der Waals surface area contributed by atoms with Gasteiger partial charge in [-0.25, -0.2) is 18.0 Å². The quantitative estimate of drug-likeness (QED) is 0.849. The molecule has 0 radical (unpaired) electrons. The summed E-state index contributed by atoms with van der Waals surface area (Å²) in [7, 11) is 1.49. The van der Waals surface area contributed by atoms with E-state index in [1.165, 1.54) is 11.9 Å². The average molecular weight is 324 g/mol. The molecule has 2 amide bonds. The Balaban J connectivity index is 2.36. The first-order valence-corrected chi connectivity index (χ1v) is 6.81. The van der Waals surface area contributed by atoms with Gasteiger partial charge >= 0.3 is 6.03 Å². The van der Waals surface area contributed by atoms with Crippen LogP contribution in [-0.2, 0) is 0 Å². The summed E-state index contributed by atoms with van der Waals surface area (Å²) in [5.74, 6) is -4.16. The van der Waals surface area contributed by atoms with Crippen LogP contribution in [0.1, 0.15) is 0 Å². The van der Waals surface area contributed by atoms with Gasteiger partial charge in [-0.3, -0.25) is 0 Å². The number of para-hydroxylation sites is 1. The second-order valence-electron chi connectivity index (χ2n) is 4.87. The topological polar surface area (TPSA) is 52.6 Å². The lowest BCUT2D eigenvalue weighted by molar-refractivity contribution is 0.202. The van der Waals surface area contributed by atoms with Crippen molar-refractivity contribution in [2.24, 2.45) is 0 Å². The van der Waals surface area contributed by atoms with Crippen LogP contribution in [0.2, 0.25) is 0 Å². The number of aliphatic hydroxyl groups is 1. The minimum Gasteiger partial charge on any atom is -0.395 e. The number of rotatable bonds is 4. The van der Waals surface area contributed by atoms with Gasteiger partial charge in [0.2, 0.25) is 0 Å². The standard InChI is InChI=1S/C16H15F3N2O2/c1-21(6-7-22)16(23)20-14-5-3-2-4-11(14)10-8-12(17)15(19)13(18)9-10/h2-5,8-9,22H,6-7H2,1H3,(H,20,23). The highest BCUT2D eigenvalue weighted by Crippen LogP contribution is 2.30. The Bertz CT molecular complexity index is 699. The Labute approximate surface area is 131 Å². The number of nitrogens with zero attached hydrogens (tertiary/aromatic N) is 1. The molecule has 2 rings (SSSR count). The SMILES string of the molecule is CN(CCO)C(=O)Nc1ccccc1-c1cc(F)c(F)c(F)c1. The molecule has 2 aromatic carbocycles. The molecule has 0 unspecified atom stereocenters. The normalized spacial score (nSPS) is 10.5. The minimum atomic E-state index is -1.54. The van der Waals surface area contributed by atoms with Crippen LogP contribution in [0.5, 0.6) is 0 Å². The van der Waals surface area contributed by atoms with Crippen LogP contribution >= 0.6 is 0 Å². The van der Waals surface area contributed by atoms with Crippen molar-refractivity contribution >= 4 is 11.7 Å². The largest absolute Gasteiger partial charge is 0.395 e. The summed E-state index contributed by atoms with van der Waals surface area (Å²) in [5, 5.41) is 11.4. The van der Waals surface area contributed by atoms with E-state index in [-0.39, 0.29) is 18.7 Å². The number of carbonyl (C=O) groups excluding carboxylic acids is 1. The maximum absolute atomic E-state index is 13.4. The van der Waals surface area contributed by atoms with E-state index in [0.717, 1.165) is 12.1 Å². The van der Waals surface area contributed by atoms with E-state index in [1.54, 1.807) is 24.3 Å². The van der Waals surface area contributed by atoms with Crippen molar-refractivity contribution in [2.45, 2.75) is 0 Å². The zero-order valence-corrected chi connectivity index (χ0v) is 12.3. The number of likely N-dealkylation sites (N-methyl/N-ethyl adjacent to an activating group) is 1. The molecule has 0 aliphatic rings. The third-order valence-electron chi connectivity index (χ3n) is 3.25. The van der Waals surface area contributed by atoms with E-state index in [4.69, 9.17) is 5.11 Å². The molecule has 0 bridgehead atoms. The van der Waals surface area contributed by atoms with Gasteiger partial charge in [-0.15, -0.1) is 0 Å². The molecule has 2 aromatic rings. The van der Waals surface area contributed by atoms with Crippen molar-refractivity contribution in [1.29, 1.82) is 0 Å². The predicted octanol–water partition coefficient (Wildman–Crippen LogP) is 3.23. The monoisotopic (exact) mass is 324 g/mol. The number of hydrogen-bond donors (Lipinski definition) is 2. The molecule has 0 spiro atoms. The number of carbonyl (C=O) groups is 1. The Morgan fingerprint density at radius 3 is 2.39 bits per heavy atom. The van der Waals surface area contributed by atoms with Crippen molar-refractivity contribution in [3.05, 3.63) is 53.8 Å². The second kappa shape index (κ2) is 7.15. The number of nitrogens with one attached hydrogen (secondary N) is 1. The van der Waals surface area contributed by atoms with E-state index in [1.807, 2.05) is 0 Å². The number of hydrogen-bond acceptors (Lipinski definition) is 2. The van der Waals surface area contributed by atoms with Gasteiger partial charge in [0.1, 0.15) is 0 Å². The highest BCUT2D eigenvalue weighted by atomic mass is 19.2. The molecule has 0 aliphatic carbocycles. The summed E-state index contributed by atoms with van der Waals surface area (Å²) in [6.45, 7) is -0.0617. The molecule has 0 saturated carbocycles. The summed E-state index contributed by atoms with van der Waals surface area (Å²) in [4.78, 5) is 13.2. The Morgan fingerprint density at radius 1 is 1.17 bits per heavy atom. The van der Waals surface area contributed by atoms with Gasteiger partial charge in [-0.1, -0.05) is 18.2 Å². The Hall–Kier alpha value is -2.54. The minimum absolute atomic E-state index is 0.0992. The van der Waals surface area contributed by atoms with E-state index in [2.05, 4.69) is 5.32 Å². The molecule has 4 nitrogen and oxygen atoms in total. The summed E-state index contributed by atoms with van der Waals surface area (Å²) in [5.41, 5.74) is 0.755. The van der Waals surface area contributed by atoms with Crippen LogP contribution in [-0.4, -0.2) is 36.2 Å². The summed E-state index contributed by atoms with van der Waals surface area (Å²) >= 11 is 0. The third-order valence-corrected chi connectivity index (χ3v) is 3.25. The fourth-order valence-corrected chi connectivity index (χ4v) is 2.02. The molecule has 0 fully saturated rings. The van der Waals surface area contributed by atoms with E-state index in [9.17, 15) is 18.0 Å². The number of urea groups is 1. The highest BCUT2D eigenvalue weighted by molar-refractivity contribution is 5.94. The van der Waals surface area contributed by atoms with Gasteiger partial charge in [0, 0.05) is 19.2 Å². The van der Waals surface area contributed by atoms with Gasteiger partial charge in [0.15, 0.2) is 17.5 Å². The second-order valence-corrected chi connectivity index (χ2v) is 4.87.